The number of fused-ring (bicyclic) bond motifs is 1. The Bertz CT molecular complexity index is 519. The third kappa shape index (κ3) is 1.56. The summed E-state index contributed by atoms with van der Waals surface area (Å²) in [4.78, 5) is 8.28. The van der Waals surface area contributed by atoms with Crippen LogP contribution < -0.4 is 0 Å². The van der Waals surface area contributed by atoms with E-state index >= 15 is 0 Å². The van der Waals surface area contributed by atoms with Crippen molar-refractivity contribution < 1.29 is 0 Å². The first-order valence-electron chi connectivity index (χ1n) is 4.70. The van der Waals surface area contributed by atoms with Crippen LogP contribution in [-0.4, -0.2) is 14.5 Å². The van der Waals surface area contributed by atoms with Gasteiger partial charge >= 0.3 is 0 Å². The van der Waals surface area contributed by atoms with E-state index in [0.29, 0.717) is 11.2 Å². The van der Waals surface area contributed by atoms with E-state index in [9.17, 15) is 0 Å². The first kappa shape index (κ1) is 10.9. The van der Waals surface area contributed by atoms with Crippen molar-refractivity contribution in [2.45, 2.75) is 26.8 Å². The van der Waals surface area contributed by atoms with Crippen LogP contribution in [0.25, 0.3) is 11.0 Å². The maximum absolute atomic E-state index is 6.06. The average molecular weight is 289 g/mol. The molecule has 15 heavy (non-hydrogen) atoms. The predicted molar refractivity (Wildman–Crippen MR) is 65.4 cm³/mol. The van der Waals surface area contributed by atoms with Gasteiger partial charge in [-0.05, 0) is 36.7 Å². The van der Waals surface area contributed by atoms with Crippen molar-refractivity contribution in [3.8, 4) is 0 Å². The zero-order valence-corrected chi connectivity index (χ0v) is 11.1. The van der Waals surface area contributed by atoms with Gasteiger partial charge in [0, 0.05) is 11.7 Å². The zero-order valence-electron chi connectivity index (χ0n) is 8.75. The Morgan fingerprint density at radius 1 is 1.40 bits per heavy atom. The standard InChI is InChI=1S/C10H11BrClN3/c1-5(2)15-6(3)8(11)7-9(12)13-4-14-10(7)15/h4-5H,1-3H3. The smallest absolute Gasteiger partial charge is 0.146 e. The molecule has 0 atom stereocenters. The molecule has 0 N–H and O–H groups in total. The van der Waals surface area contributed by atoms with E-state index in [1.165, 1.54) is 6.33 Å². The summed E-state index contributed by atoms with van der Waals surface area (Å²) in [7, 11) is 0. The van der Waals surface area contributed by atoms with Gasteiger partial charge in [0.2, 0.25) is 0 Å². The Morgan fingerprint density at radius 2 is 2.07 bits per heavy atom. The van der Waals surface area contributed by atoms with Gasteiger partial charge < -0.3 is 4.57 Å². The van der Waals surface area contributed by atoms with Crippen molar-refractivity contribution in [3.63, 3.8) is 0 Å². The molecule has 0 aliphatic carbocycles. The first-order valence-corrected chi connectivity index (χ1v) is 5.87. The lowest BCUT2D eigenvalue weighted by Crippen LogP contribution is -2.03. The lowest BCUT2D eigenvalue weighted by Gasteiger charge is -2.10. The van der Waals surface area contributed by atoms with Crippen molar-refractivity contribution >= 4 is 38.6 Å². The molecule has 5 heteroatoms. The molecule has 0 fully saturated rings. The van der Waals surface area contributed by atoms with Crippen LogP contribution in [0.15, 0.2) is 10.8 Å². The van der Waals surface area contributed by atoms with Crippen LogP contribution in [0.2, 0.25) is 5.15 Å². The number of hydrogen-bond donors (Lipinski definition) is 0. The summed E-state index contributed by atoms with van der Waals surface area (Å²) in [6, 6.07) is 0.352. The van der Waals surface area contributed by atoms with Crippen molar-refractivity contribution in [2.24, 2.45) is 0 Å². The Hall–Kier alpha value is -0.610. The topological polar surface area (TPSA) is 30.7 Å². The van der Waals surface area contributed by atoms with Gasteiger partial charge in [-0.1, -0.05) is 11.6 Å². The van der Waals surface area contributed by atoms with Crippen molar-refractivity contribution in [1.29, 1.82) is 0 Å². The largest absolute Gasteiger partial charge is 0.326 e. The fraction of sp³-hybridized carbons (Fsp3) is 0.400. The SMILES string of the molecule is Cc1c(Br)c2c(Cl)ncnc2n1C(C)C. The molecule has 2 aromatic heterocycles. The number of hydrogen-bond acceptors (Lipinski definition) is 2. The highest BCUT2D eigenvalue weighted by Crippen LogP contribution is 2.34. The molecule has 2 rings (SSSR count). The van der Waals surface area contributed by atoms with Crippen molar-refractivity contribution in [2.75, 3.05) is 0 Å². The quantitative estimate of drug-likeness (QED) is 0.749. The molecule has 0 amide bonds. The molecule has 3 nitrogen and oxygen atoms in total. The molecule has 0 aliphatic heterocycles. The van der Waals surface area contributed by atoms with Crippen LogP contribution >= 0.6 is 27.5 Å². The van der Waals surface area contributed by atoms with Crippen LogP contribution in [0.3, 0.4) is 0 Å². The predicted octanol–water partition coefficient (Wildman–Crippen LogP) is 3.74. The first-order chi connectivity index (χ1) is 7.04. The molecular weight excluding hydrogens is 277 g/mol. The van der Waals surface area contributed by atoms with Gasteiger partial charge in [0.05, 0.1) is 9.86 Å². The maximum atomic E-state index is 6.06. The summed E-state index contributed by atoms with van der Waals surface area (Å²) in [6.45, 7) is 6.28. The van der Waals surface area contributed by atoms with Gasteiger partial charge in [0.25, 0.3) is 0 Å². The monoisotopic (exact) mass is 287 g/mol. The van der Waals surface area contributed by atoms with Gasteiger partial charge in [-0.25, -0.2) is 9.97 Å². The molecule has 2 heterocycles. The molecule has 0 radical (unpaired) electrons. The molecule has 0 saturated heterocycles. The second-order valence-corrected chi connectivity index (χ2v) is 4.88. The zero-order chi connectivity index (χ0) is 11.2. The number of aromatic nitrogens is 3. The van der Waals surface area contributed by atoms with Gasteiger partial charge in [0.1, 0.15) is 17.1 Å². The van der Waals surface area contributed by atoms with E-state index in [4.69, 9.17) is 11.6 Å². The fourth-order valence-corrected chi connectivity index (χ4v) is 2.70. The highest BCUT2D eigenvalue weighted by molar-refractivity contribution is 9.10. The van der Waals surface area contributed by atoms with E-state index in [1.54, 1.807) is 0 Å². The van der Waals surface area contributed by atoms with Crippen molar-refractivity contribution in [3.05, 3.63) is 21.6 Å². The van der Waals surface area contributed by atoms with Crippen LogP contribution in [0.1, 0.15) is 25.6 Å². The van der Waals surface area contributed by atoms with E-state index < -0.39 is 0 Å². The third-order valence-corrected chi connectivity index (χ3v) is 3.68. The van der Waals surface area contributed by atoms with Crippen molar-refractivity contribution in [1.82, 2.24) is 14.5 Å². The normalized spacial score (nSPS) is 11.6. The third-order valence-electron chi connectivity index (χ3n) is 2.42. The Kier molecular flexibility index (Phi) is 2.73. The number of halogens is 2. The maximum Gasteiger partial charge on any atom is 0.146 e. The van der Waals surface area contributed by atoms with Gasteiger partial charge in [0.15, 0.2) is 0 Å². The fourth-order valence-electron chi connectivity index (χ4n) is 1.80. The molecule has 80 valence electrons. The lowest BCUT2D eigenvalue weighted by molar-refractivity contribution is 0.601. The highest BCUT2D eigenvalue weighted by Gasteiger charge is 2.17. The van der Waals surface area contributed by atoms with Crippen LogP contribution in [0.5, 0.6) is 0 Å². The highest BCUT2D eigenvalue weighted by atomic mass is 79.9. The summed E-state index contributed by atoms with van der Waals surface area (Å²) < 4.78 is 3.13. The van der Waals surface area contributed by atoms with E-state index in [2.05, 4.69) is 44.3 Å². The molecule has 0 spiro atoms. The Labute approximate surface area is 102 Å². The molecule has 0 bridgehead atoms. The summed E-state index contributed by atoms with van der Waals surface area (Å²) in [5, 5.41) is 1.39. The molecule has 0 aromatic carbocycles. The van der Waals surface area contributed by atoms with E-state index in [-0.39, 0.29) is 0 Å². The van der Waals surface area contributed by atoms with Crippen LogP contribution in [0, 0.1) is 6.92 Å². The molecule has 2 aromatic rings. The molecule has 0 unspecified atom stereocenters. The van der Waals surface area contributed by atoms with Crippen LogP contribution in [-0.2, 0) is 0 Å². The number of nitrogens with zero attached hydrogens (tertiary/aromatic N) is 3. The summed E-state index contributed by atoms with van der Waals surface area (Å²) in [6.07, 6.45) is 1.50. The Balaban J connectivity index is 2.94. The van der Waals surface area contributed by atoms with Gasteiger partial charge in [-0.2, -0.15) is 0 Å². The minimum atomic E-state index is 0.352. The van der Waals surface area contributed by atoms with Gasteiger partial charge in [-0.15, -0.1) is 0 Å². The van der Waals surface area contributed by atoms with Crippen LogP contribution in [0.4, 0.5) is 0 Å². The Morgan fingerprint density at radius 3 is 2.67 bits per heavy atom. The lowest BCUT2D eigenvalue weighted by atomic mass is 10.3. The minimum Gasteiger partial charge on any atom is -0.326 e. The van der Waals surface area contributed by atoms with E-state index in [0.717, 1.165) is 21.2 Å². The second kappa shape index (κ2) is 3.76. The molecular formula is C10H11BrClN3. The number of rotatable bonds is 1. The summed E-state index contributed by atoms with van der Waals surface area (Å²) in [5.41, 5.74) is 2.01. The summed E-state index contributed by atoms with van der Waals surface area (Å²) in [5.74, 6) is 0. The average Bonchev–Trinajstić information content (AvgIpc) is 2.41. The molecule has 0 aliphatic rings. The summed E-state index contributed by atoms with van der Waals surface area (Å²) >= 11 is 9.59. The minimum absolute atomic E-state index is 0.352. The second-order valence-electron chi connectivity index (χ2n) is 3.73. The molecule has 0 saturated carbocycles. The van der Waals surface area contributed by atoms with Gasteiger partial charge in [-0.3, -0.25) is 0 Å². The van der Waals surface area contributed by atoms with E-state index in [1.807, 2.05) is 6.92 Å².